The van der Waals surface area contributed by atoms with Gasteiger partial charge in [-0.1, -0.05) is 12.1 Å². The van der Waals surface area contributed by atoms with Crippen molar-refractivity contribution >= 4 is 17.6 Å². The van der Waals surface area contributed by atoms with Crippen molar-refractivity contribution in [2.75, 3.05) is 19.0 Å². The van der Waals surface area contributed by atoms with Crippen molar-refractivity contribution in [3.63, 3.8) is 0 Å². The fourth-order valence-electron chi connectivity index (χ4n) is 2.15. The predicted molar refractivity (Wildman–Crippen MR) is 88.7 cm³/mol. The molecule has 2 N–H and O–H groups in total. The average molecular weight is 330 g/mol. The first-order valence-electron chi connectivity index (χ1n) is 7.33. The highest BCUT2D eigenvalue weighted by molar-refractivity contribution is 6.06. The van der Waals surface area contributed by atoms with Crippen molar-refractivity contribution in [3.8, 4) is 5.75 Å². The van der Waals surface area contributed by atoms with Crippen molar-refractivity contribution in [3.05, 3.63) is 57.5 Å². The summed E-state index contributed by atoms with van der Waals surface area (Å²) in [5.41, 5.74) is 0.124. The highest BCUT2D eigenvalue weighted by Crippen LogP contribution is 2.23. The molecule has 1 aromatic heterocycles. The molecule has 2 rings (SSSR count). The van der Waals surface area contributed by atoms with Crippen molar-refractivity contribution in [2.45, 2.75) is 13.8 Å². The maximum absolute atomic E-state index is 12.4. The Bertz CT molecular complexity index is 826. The lowest BCUT2D eigenvalue weighted by atomic mass is 10.1. The molecule has 0 fully saturated rings. The van der Waals surface area contributed by atoms with E-state index in [1.807, 2.05) is 0 Å². The topological polar surface area (TPSA) is 97.5 Å². The summed E-state index contributed by atoms with van der Waals surface area (Å²) < 4.78 is 10.1. The van der Waals surface area contributed by atoms with Crippen LogP contribution in [0.5, 0.6) is 5.75 Å². The number of aryl methyl sites for hydroxylation is 1. The molecule has 7 nitrogen and oxygen atoms in total. The van der Waals surface area contributed by atoms with E-state index in [0.717, 1.165) is 0 Å². The number of hydrogen-bond acceptors (Lipinski definition) is 5. The minimum absolute atomic E-state index is 0.140. The second-order valence-corrected chi connectivity index (χ2v) is 4.93. The molecule has 1 amide bonds. The Labute approximate surface area is 138 Å². The summed E-state index contributed by atoms with van der Waals surface area (Å²) in [6, 6.07) is 8.04. The van der Waals surface area contributed by atoms with E-state index < -0.39 is 17.4 Å². The van der Waals surface area contributed by atoms with Crippen molar-refractivity contribution in [1.82, 2.24) is 4.98 Å². The van der Waals surface area contributed by atoms with Gasteiger partial charge < -0.3 is 19.8 Å². The van der Waals surface area contributed by atoms with E-state index in [9.17, 15) is 14.4 Å². The van der Waals surface area contributed by atoms with Crippen LogP contribution in [0.4, 0.5) is 5.69 Å². The molecule has 0 aliphatic carbocycles. The highest BCUT2D eigenvalue weighted by atomic mass is 16.5. The lowest BCUT2D eigenvalue weighted by Crippen LogP contribution is -2.26. The molecule has 7 heteroatoms. The Balaban J connectivity index is 2.37. The number of carbonyl (C=O) groups excluding carboxylic acids is 2. The number of ether oxygens (including phenoxy) is 2. The Morgan fingerprint density at radius 1 is 1.21 bits per heavy atom. The summed E-state index contributed by atoms with van der Waals surface area (Å²) in [6.45, 7) is 3.43. The van der Waals surface area contributed by atoms with Crippen LogP contribution in [0.15, 0.2) is 35.1 Å². The summed E-state index contributed by atoms with van der Waals surface area (Å²) in [7, 11) is 1.47. The molecule has 24 heavy (non-hydrogen) atoms. The van der Waals surface area contributed by atoms with Crippen LogP contribution in [0.25, 0.3) is 0 Å². The van der Waals surface area contributed by atoms with Crippen molar-refractivity contribution in [2.24, 2.45) is 0 Å². The zero-order valence-corrected chi connectivity index (χ0v) is 13.6. The van der Waals surface area contributed by atoms with Gasteiger partial charge in [-0.15, -0.1) is 0 Å². The van der Waals surface area contributed by atoms with Gasteiger partial charge in [0.15, 0.2) is 0 Å². The molecule has 2 aromatic rings. The number of anilines is 1. The third-order valence-electron chi connectivity index (χ3n) is 3.33. The number of para-hydroxylation sites is 2. The molecule has 0 saturated heterocycles. The van der Waals surface area contributed by atoms with E-state index in [-0.39, 0.29) is 17.7 Å². The van der Waals surface area contributed by atoms with E-state index in [0.29, 0.717) is 17.1 Å². The van der Waals surface area contributed by atoms with Crippen molar-refractivity contribution in [1.29, 1.82) is 0 Å². The third kappa shape index (κ3) is 3.62. The van der Waals surface area contributed by atoms with Gasteiger partial charge in [-0.3, -0.25) is 9.59 Å². The van der Waals surface area contributed by atoms with E-state index >= 15 is 0 Å². The largest absolute Gasteiger partial charge is 0.495 e. The van der Waals surface area contributed by atoms with Crippen LogP contribution in [0.2, 0.25) is 0 Å². The Morgan fingerprint density at radius 3 is 2.58 bits per heavy atom. The third-order valence-corrected chi connectivity index (χ3v) is 3.33. The number of benzene rings is 1. The quantitative estimate of drug-likeness (QED) is 0.818. The number of rotatable bonds is 5. The van der Waals surface area contributed by atoms with Gasteiger partial charge >= 0.3 is 5.97 Å². The number of nitrogens with one attached hydrogen (secondary N) is 2. The minimum atomic E-state index is -0.647. The molecule has 1 heterocycles. The number of esters is 1. The van der Waals surface area contributed by atoms with Gasteiger partial charge in [0.2, 0.25) is 0 Å². The van der Waals surface area contributed by atoms with Crippen LogP contribution >= 0.6 is 0 Å². The normalized spacial score (nSPS) is 10.1. The summed E-state index contributed by atoms with van der Waals surface area (Å²) in [5, 5.41) is 2.60. The monoisotopic (exact) mass is 330 g/mol. The first-order chi connectivity index (χ1) is 11.5. The van der Waals surface area contributed by atoms with Crippen LogP contribution in [0, 0.1) is 6.92 Å². The van der Waals surface area contributed by atoms with Gasteiger partial charge in [-0.05, 0) is 32.0 Å². The van der Waals surface area contributed by atoms with Crippen LogP contribution < -0.4 is 15.6 Å². The molecule has 0 aliphatic rings. The molecule has 0 aliphatic heterocycles. The van der Waals surface area contributed by atoms with Gasteiger partial charge in [0.05, 0.1) is 25.0 Å². The standard InChI is InChI=1S/C17H18N2O5/c1-4-24-17(22)11-9-12(15(20)18-10(11)2)16(21)19-13-7-5-6-8-14(13)23-3/h5-9H,4H2,1-3H3,(H,18,20)(H,19,21). The fraction of sp³-hybridized carbons (Fsp3) is 0.235. The number of pyridine rings is 1. The van der Waals surface area contributed by atoms with Gasteiger partial charge in [0.1, 0.15) is 11.3 Å². The Morgan fingerprint density at radius 2 is 1.92 bits per heavy atom. The van der Waals surface area contributed by atoms with Crippen LogP contribution in [0.3, 0.4) is 0 Å². The smallest absolute Gasteiger partial charge is 0.339 e. The Hall–Kier alpha value is -3.09. The molecule has 126 valence electrons. The Kier molecular flexibility index (Phi) is 5.36. The second-order valence-electron chi connectivity index (χ2n) is 4.93. The number of aromatic amines is 1. The minimum Gasteiger partial charge on any atom is -0.495 e. The zero-order chi connectivity index (χ0) is 17.7. The second kappa shape index (κ2) is 7.45. The average Bonchev–Trinajstić information content (AvgIpc) is 2.55. The maximum atomic E-state index is 12.4. The first-order valence-corrected chi connectivity index (χ1v) is 7.33. The number of H-pyrrole nitrogens is 1. The number of methoxy groups -OCH3 is 1. The molecule has 0 atom stereocenters. The van der Waals surface area contributed by atoms with E-state index in [2.05, 4.69) is 10.3 Å². The molecule has 0 spiro atoms. The number of aromatic nitrogens is 1. The maximum Gasteiger partial charge on any atom is 0.339 e. The van der Waals surface area contributed by atoms with Gasteiger partial charge in [0.25, 0.3) is 11.5 Å². The van der Waals surface area contributed by atoms with Crippen LogP contribution in [-0.2, 0) is 4.74 Å². The molecule has 0 bridgehead atoms. The van der Waals surface area contributed by atoms with Crippen molar-refractivity contribution < 1.29 is 19.1 Å². The molecule has 0 radical (unpaired) electrons. The van der Waals surface area contributed by atoms with Crippen LogP contribution in [-0.4, -0.2) is 30.6 Å². The summed E-state index contributed by atoms with van der Waals surface area (Å²) in [5.74, 6) is -0.788. The highest BCUT2D eigenvalue weighted by Gasteiger charge is 2.19. The summed E-state index contributed by atoms with van der Waals surface area (Å²) >= 11 is 0. The summed E-state index contributed by atoms with van der Waals surface area (Å²) in [6.07, 6.45) is 0. The molecule has 0 unspecified atom stereocenters. The molecular weight excluding hydrogens is 312 g/mol. The molecular formula is C17H18N2O5. The van der Waals surface area contributed by atoms with Gasteiger partial charge in [-0.25, -0.2) is 4.79 Å². The molecule has 1 aromatic carbocycles. The summed E-state index contributed by atoms with van der Waals surface area (Å²) in [4.78, 5) is 38.9. The van der Waals surface area contributed by atoms with E-state index in [4.69, 9.17) is 9.47 Å². The number of hydrogen-bond donors (Lipinski definition) is 2. The zero-order valence-electron chi connectivity index (χ0n) is 13.6. The molecule has 0 saturated carbocycles. The number of carbonyl (C=O) groups is 2. The lowest BCUT2D eigenvalue weighted by molar-refractivity contribution is 0.0525. The lowest BCUT2D eigenvalue weighted by Gasteiger charge is -2.11. The van der Waals surface area contributed by atoms with Gasteiger partial charge in [-0.2, -0.15) is 0 Å². The SMILES string of the molecule is CCOC(=O)c1cc(C(=O)Nc2ccccc2OC)c(=O)[nH]c1C. The van der Waals surface area contributed by atoms with Crippen LogP contribution in [0.1, 0.15) is 33.3 Å². The fourth-order valence-corrected chi connectivity index (χ4v) is 2.15. The van der Waals surface area contributed by atoms with Gasteiger partial charge in [0, 0.05) is 5.69 Å². The van der Waals surface area contributed by atoms with E-state index in [1.54, 1.807) is 38.1 Å². The van der Waals surface area contributed by atoms with E-state index in [1.165, 1.54) is 13.2 Å². The first kappa shape index (κ1) is 17.3. The predicted octanol–water partition coefficient (Wildman–Crippen LogP) is 2.12. The number of amides is 1.